The van der Waals surface area contributed by atoms with Crippen molar-refractivity contribution in [3.05, 3.63) is 47.5 Å². The minimum absolute atomic E-state index is 0.290. The van der Waals surface area contributed by atoms with Crippen LogP contribution < -0.4 is 24.8 Å². The first kappa shape index (κ1) is 20.6. The van der Waals surface area contributed by atoms with Crippen molar-refractivity contribution in [1.82, 2.24) is 5.32 Å². The summed E-state index contributed by atoms with van der Waals surface area (Å²) in [6.07, 6.45) is 0. The van der Waals surface area contributed by atoms with Gasteiger partial charge in [-0.3, -0.25) is 4.79 Å². The highest BCUT2D eigenvalue weighted by atomic mass is 16.5. The molecule has 0 spiro atoms. The van der Waals surface area contributed by atoms with Gasteiger partial charge in [0.25, 0.3) is 5.91 Å². The van der Waals surface area contributed by atoms with Crippen LogP contribution in [0.2, 0.25) is 0 Å². The zero-order chi connectivity index (χ0) is 19.8. The van der Waals surface area contributed by atoms with Gasteiger partial charge in [0.05, 0.1) is 14.2 Å². The minimum Gasteiger partial charge on any atom is -0.496 e. The second-order valence-corrected chi connectivity index (χ2v) is 6.43. The summed E-state index contributed by atoms with van der Waals surface area (Å²) in [5, 5.41) is 6.22. The highest BCUT2D eigenvalue weighted by molar-refractivity contribution is 6.08. The van der Waals surface area contributed by atoms with Crippen molar-refractivity contribution in [3.63, 3.8) is 0 Å². The smallest absolute Gasteiger partial charge is 0.263 e. The third-order valence-corrected chi connectivity index (χ3v) is 4.02. The van der Waals surface area contributed by atoms with Crippen molar-refractivity contribution in [3.8, 4) is 17.2 Å². The summed E-state index contributed by atoms with van der Waals surface area (Å²) in [5.41, 5.74) is 1.98. The molecule has 27 heavy (non-hydrogen) atoms. The molecule has 0 aliphatic rings. The quantitative estimate of drug-likeness (QED) is 0.658. The molecular weight excluding hydrogens is 344 g/mol. The predicted molar refractivity (Wildman–Crippen MR) is 107 cm³/mol. The van der Waals surface area contributed by atoms with E-state index in [0.717, 1.165) is 17.9 Å². The maximum atomic E-state index is 12.8. The fourth-order valence-corrected chi connectivity index (χ4v) is 2.64. The molecule has 0 aliphatic heterocycles. The second-order valence-electron chi connectivity index (χ2n) is 6.43. The van der Waals surface area contributed by atoms with Gasteiger partial charge in [-0.05, 0) is 42.8 Å². The first-order chi connectivity index (χ1) is 13.0. The second kappa shape index (κ2) is 9.83. The van der Waals surface area contributed by atoms with Crippen LogP contribution in [0.15, 0.2) is 36.4 Å². The first-order valence-electron chi connectivity index (χ1n) is 8.95. The number of benzene rings is 2. The maximum absolute atomic E-state index is 12.8. The van der Waals surface area contributed by atoms with Gasteiger partial charge in [-0.15, -0.1) is 0 Å². The molecule has 2 N–H and O–H groups in total. The van der Waals surface area contributed by atoms with Crippen LogP contribution in [-0.4, -0.2) is 39.3 Å². The van der Waals surface area contributed by atoms with Gasteiger partial charge in [0.2, 0.25) is 0 Å². The largest absolute Gasteiger partial charge is 0.496 e. The van der Waals surface area contributed by atoms with Crippen molar-refractivity contribution in [2.45, 2.75) is 26.8 Å². The zero-order valence-corrected chi connectivity index (χ0v) is 16.6. The molecule has 0 saturated carbocycles. The fraction of sp³-hybridized carbons (Fsp3) is 0.381. The van der Waals surface area contributed by atoms with E-state index in [-0.39, 0.29) is 5.91 Å². The average molecular weight is 372 g/mol. The SMILES string of the molecule is COc1cccc(OC)c1C(=O)Nc1ccc(OCCNC(C)C)cc1C. The Morgan fingerprint density at radius 2 is 1.74 bits per heavy atom. The van der Waals surface area contributed by atoms with E-state index in [1.165, 1.54) is 14.2 Å². The number of ether oxygens (including phenoxy) is 3. The molecule has 0 atom stereocenters. The van der Waals surface area contributed by atoms with Crippen molar-refractivity contribution in [1.29, 1.82) is 0 Å². The average Bonchev–Trinajstić information content (AvgIpc) is 2.66. The Labute approximate surface area is 160 Å². The molecule has 6 nitrogen and oxygen atoms in total. The summed E-state index contributed by atoms with van der Waals surface area (Å²) in [4.78, 5) is 12.8. The normalized spacial score (nSPS) is 10.6. The van der Waals surface area contributed by atoms with Gasteiger partial charge in [-0.1, -0.05) is 19.9 Å². The third kappa shape index (κ3) is 5.62. The lowest BCUT2D eigenvalue weighted by molar-refractivity contribution is 0.102. The van der Waals surface area contributed by atoms with Crippen LogP contribution in [0.25, 0.3) is 0 Å². The van der Waals surface area contributed by atoms with Gasteiger partial charge in [-0.25, -0.2) is 0 Å². The standard InChI is InChI=1S/C21H28N2O4/c1-14(2)22-11-12-27-16-9-10-17(15(3)13-16)23-21(24)20-18(25-4)7-6-8-19(20)26-5/h6-10,13-14,22H,11-12H2,1-5H3,(H,23,24). The molecule has 0 aromatic heterocycles. The predicted octanol–water partition coefficient (Wildman–Crippen LogP) is 3.64. The van der Waals surface area contributed by atoms with E-state index in [1.807, 2.05) is 25.1 Å². The number of amides is 1. The van der Waals surface area contributed by atoms with E-state index < -0.39 is 0 Å². The molecule has 0 heterocycles. The number of nitrogens with one attached hydrogen (secondary N) is 2. The van der Waals surface area contributed by atoms with Crippen LogP contribution in [0.3, 0.4) is 0 Å². The summed E-state index contributed by atoms with van der Waals surface area (Å²) in [6.45, 7) is 7.48. The van der Waals surface area contributed by atoms with Crippen LogP contribution in [0.4, 0.5) is 5.69 Å². The molecule has 1 amide bonds. The topological polar surface area (TPSA) is 68.8 Å². The van der Waals surface area contributed by atoms with Gasteiger partial charge < -0.3 is 24.8 Å². The zero-order valence-electron chi connectivity index (χ0n) is 16.6. The van der Waals surface area contributed by atoms with Crippen LogP contribution in [0.1, 0.15) is 29.8 Å². The lowest BCUT2D eigenvalue weighted by Crippen LogP contribution is -2.27. The Hall–Kier alpha value is -2.73. The number of methoxy groups -OCH3 is 2. The summed E-state index contributed by atoms with van der Waals surface area (Å²) in [6, 6.07) is 11.3. The minimum atomic E-state index is -0.290. The number of hydrogen-bond donors (Lipinski definition) is 2. The van der Waals surface area contributed by atoms with Gasteiger partial charge in [0, 0.05) is 18.3 Å². The highest BCUT2D eigenvalue weighted by Gasteiger charge is 2.19. The number of anilines is 1. The summed E-state index contributed by atoms with van der Waals surface area (Å²) >= 11 is 0. The van der Waals surface area contributed by atoms with Gasteiger partial charge in [0.15, 0.2) is 0 Å². The molecule has 0 saturated heterocycles. The molecule has 2 aromatic rings. The number of rotatable bonds is 9. The van der Waals surface area contributed by atoms with Gasteiger partial charge in [0.1, 0.15) is 29.4 Å². The Morgan fingerprint density at radius 3 is 2.30 bits per heavy atom. The monoisotopic (exact) mass is 372 g/mol. The molecule has 2 rings (SSSR count). The van der Waals surface area contributed by atoms with Crippen LogP contribution in [0.5, 0.6) is 17.2 Å². The van der Waals surface area contributed by atoms with Crippen LogP contribution in [-0.2, 0) is 0 Å². The Morgan fingerprint density at radius 1 is 1.07 bits per heavy atom. The molecule has 0 aliphatic carbocycles. The van der Waals surface area contributed by atoms with Crippen LogP contribution >= 0.6 is 0 Å². The van der Waals surface area contributed by atoms with E-state index in [4.69, 9.17) is 14.2 Å². The number of hydrogen-bond acceptors (Lipinski definition) is 5. The molecule has 6 heteroatoms. The van der Waals surface area contributed by atoms with E-state index in [9.17, 15) is 4.79 Å². The molecule has 2 aromatic carbocycles. The highest BCUT2D eigenvalue weighted by Crippen LogP contribution is 2.30. The Bertz CT molecular complexity index is 753. The number of aryl methyl sites for hydroxylation is 1. The van der Waals surface area contributed by atoms with Crippen molar-refractivity contribution in [2.75, 3.05) is 32.7 Å². The molecule has 0 bridgehead atoms. The van der Waals surface area contributed by atoms with Crippen LogP contribution in [0, 0.1) is 6.92 Å². The third-order valence-electron chi connectivity index (χ3n) is 4.02. The molecule has 0 fully saturated rings. The van der Waals surface area contributed by atoms with Crippen molar-refractivity contribution >= 4 is 11.6 Å². The summed E-state index contributed by atoms with van der Waals surface area (Å²) < 4.78 is 16.3. The van der Waals surface area contributed by atoms with Crippen molar-refractivity contribution in [2.24, 2.45) is 0 Å². The Balaban J connectivity index is 2.09. The van der Waals surface area contributed by atoms with Gasteiger partial charge in [-0.2, -0.15) is 0 Å². The van der Waals surface area contributed by atoms with Crippen molar-refractivity contribution < 1.29 is 19.0 Å². The van der Waals surface area contributed by atoms with Gasteiger partial charge >= 0.3 is 0 Å². The molecule has 0 radical (unpaired) electrons. The lowest BCUT2D eigenvalue weighted by atomic mass is 10.1. The summed E-state index contributed by atoms with van der Waals surface area (Å²) in [7, 11) is 3.05. The molecular formula is C21H28N2O4. The molecule has 146 valence electrons. The fourth-order valence-electron chi connectivity index (χ4n) is 2.64. The van der Waals surface area contributed by atoms with E-state index in [1.54, 1.807) is 18.2 Å². The maximum Gasteiger partial charge on any atom is 0.263 e. The molecule has 0 unspecified atom stereocenters. The van der Waals surface area contributed by atoms with E-state index >= 15 is 0 Å². The first-order valence-corrected chi connectivity index (χ1v) is 8.95. The Kier molecular flexibility index (Phi) is 7.49. The van der Waals surface area contributed by atoms with E-state index in [2.05, 4.69) is 24.5 Å². The number of carbonyl (C=O) groups excluding carboxylic acids is 1. The summed E-state index contributed by atoms with van der Waals surface area (Å²) in [5.74, 6) is 1.40. The number of carbonyl (C=O) groups is 1. The van der Waals surface area contributed by atoms with E-state index in [0.29, 0.717) is 35.4 Å². The lowest BCUT2D eigenvalue weighted by Gasteiger charge is -2.15.